The van der Waals surface area contributed by atoms with E-state index in [9.17, 15) is 18.8 Å². The molecule has 29 heavy (non-hydrogen) atoms. The summed E-state index contributed by atoms with van der Waals surface area (Å²) in [4.78, 5) is 36.1. The fourth-order valence-electron chi connectivity index (χ4n) is 2.69. The summed E-state index contributed by atoms with van der Waals surface area (Å²) < 4.78 is 18.2. The van der Waals surface area contributed by atoms with Gasteiger partial charge in [-0.25, -0.2) is 4.39 Å². The number of benzene rings is 3. The Kier molecular flexibility index (Phi) is 6.19. The number of carbonyl (C=O) groups excluding carboxylic acids is 3. The fraction of sp³-hybridized carbons (Fsp3) is 0.136. The predicted molar refractivity (Wildman–Crippen MR) is 107 cm³/mol. The number of halogens is 1. The van der Waals surface area contributed by atoms with E-state index in [0.29, 0.717) is 5.69 Å². The van der Waals surface area contributed by atoms with E-state index >= 15 is 0 Å². The molecule has 2 N–H and O–H groups in total. The highest BCUT2D eigenvalue weighted by Crippen LogP contribution is 2.19. The molecule has 0 spiro atoms. The van der Waals surface area contributed by atoms with Crippen molar-refractivity contribution in [2.45, 2.75) is 13.0 Å². The minimum atomic E-state index is -1.06. The molecule has 2 amide bonds. The minimum Gasteiger partial charge on any atom is -0.451 e. The molecule has 0 aromatic heterocycles. The van der Waals surface area contributed by atoms with Gasteiger partial charge in [0.05, 0.1) is 0 Å². The van der Waals surface area contributed by atoms with Crippen molar-refractivity contribution in [2.75, 3.05) is 11.9 Å². The van der Waals surface area contributed by atoms with Gasteiger partial charge >= 0.3 is 5.97 Å². The van der Waals surface area contributed by atoms with Crippen molar-refractivity contribution in [3.05, 3.63) is 78.1 Å². The van der Waals surface area contributed by atoms with E-state index in [2.05, 4.69) is 10.6 Å². The highest BCUT2D eigenvalue weighted by Gasteiger charge is 2.19. The molecule has 0 aliphatic rings. The Morgan fingerprint density at radius 1 is 0.966 bits per heavy atom. The van der Waals surface area contributed by atoms with Crippen LogP contribution in [0.1, 0.15) is 17.3 Å². The van der Waals surface area contributed by atoms with Crippen LogP contribution in [0.5, 0.6) is 0 Å². The summed E-state index contributed by atoms with van der Waals surface area (Å²) in [6.45, 7) is 0.992. The van der Waals surface area contributed by atoms with Gasteiger partial charge in [0.2, 0.25) is 0 Å². The number of esters is 1. The lowest BCUT2D eigenvalue weighted by molar-refractivity contribution is -0.152. The van der Waals surface area contributed by atoms with Crippen molar-refractivity contribution in [1.29, 1.82) is 0 Å². The molecule has 0 aliphatic carbocycles. The van der Waals surface area contributed by atoms with Crippen molar-refractivity contribution in [1.82, 2.24) is 5.32 Å². The lowest BCUT2D eigenvalue weighted by Gasteiger charge is -2.14. The van der Waals surface area contributed by atoms with Gasteiger partial charge in [-0.1, -0.05) is 36.4 Å². The molecule has 3 aromatic rings. The van der Waals surface area contributed by atoms with Gasteiger partial charge in [-0.3, -0.25) is 14.4 Å². The van der Waals surface area contributed by atoms with Crippen molar-refractivity contribution in [3.8, 4) is 0 Å². The number of fused-ring (bicyclic) bond motifs is 1. The van der Waals surface area contributed by atoms with Crippen LogP contribution >= 0.6 is 0 Å². The molecule has 0 radical (unpaired) electrons. The van der Waals surface area contributed by atoms with Crippen molar-refractivity contribution >= 4 is 34.2 Å². The second-order valence-electron chi connectivity index (χ2n) is 6.38. The maximum atomic E-state index is 13.1. The molecule has 148 valence electrons. The van der Waals surface area contributed by atoms with E-state index < -0.39 is 36.2 Å². The van der Waals surface area contributed by atoms with Crippen LogP contribution in [0.3, 0.4) is 0 Å². The van der Waals surface area contributed by atoms with E-state index in [1.807, 2.05) is 36.4 Å². The van der Waals surface area contributed by atoms with Crippen molar-refractivity contribution in [2.24, 2.45) is 0 Å². The van der Waals surface area contributed by atoms with Gasteiger partial charge in [-0.2, -0.15) is 0 Å². The Hall–Kier alpha value is -3.74. The van der Waals surface area contributed by atoms with Crippen LogP contribution in [0.25, 0.3) is 10.8 Å². The Balaban J connectivity index is 1.50. The average molecular weight is 394 g/mol. The molecular formula is C22H19FN2O4. The number of carbonyl (C=O) groups is 3. The van der Waals surface area contributed by atoms with E-state index in [1.165, 1.54) is 25.1 Å². The third-order valence-corrected chi connectivity index (χ3v) is 4.17. The van der Waals surface area contributed by atoms with Crippen LogP contribution in [0.15, 0.2) is 66.7 Å². The van der Waals surface area contributed by atoms with Gasteiger partial charge in [0.25, 0.3) is 11.8 Å². The number of hydrogen-bond donors (Lipinski definition) is 2. The molecule has 6 nitrogen and oxygen atoms in total. The Morgan fingerprint density at radius 3 is 2.48 bits per heavy atom. The van der Waals surface area contributed by atoms with Crippen LogP contribution in [0.2, 0.25) is 0 Å². The SMILES string of the molecule is C[C@H](OC(=O)CNC(=O)c1cccc(F)c1)C(=O)Nc1ccc2ccccc2c1. The highest BCUT2D eigenvalue weighted by atomic mass is 19.1. The summed E-state index contributed by atoms with van der Waals surface area (Å²) in [5, 5.41) is 7.03. The van der Waals surface area contributed by atoms with E-state index in [1.54, 1.807) is 6.07 Å². The lowest BCUT2D eigenvalue weighted by Crippen LogP contribution is -2.35. The van der Waals surface area contributed by atoms with Gasteiger partial charge < -0.3 is 15.4 Å². The lowest BCUT2D eigenvalue weighted by atomic mass is 10.1. The largest absolute Gasteiger partial charge is 0.451 e. The number of hydrogen-bond acceptors (Lipinski definition) is 4. The first-order valence-electron chi connectivity index (χ1n) is 8.95. The van der Waals surface area contributed by atoms with E-state index in [0.717, 1.165) is 16.8 Å². The first kappa shape index (κ1) is 20.0. The molecule has 0 aliphatic heterocycles. The number of amides is 2. The number of rotatable bonds is 6. The predicted octanol–water partition coefficient (Wildman–Crippen LogP) is 3.28. The zero-order valence-electron chi connectivity index (χ0n) is 15.6. The summed E-state index contributed by atoms with van der Waals surface area (Å²) in [6, 6.07) is 18.2. The second kappa shape index (κ2) is 8.97. The Bertz CT molecular complexity index is 1070. The number of nitrogens with one attached hydrogen (secondary N) is 2. The van der Waals surface area contributed by atoms with Gasteiger partial charge in [0, 0.05) is 11.3 Å². The van der Waals surface area contributed by atoms with Gasteiger partial charge in [0.15, 0.2) is 6.10 Å². The summed E-state index contributed by atoms with van der Waals surface area (Å²) in [5.74, 6) is -2.45. The van der Waals surface area contributed by atoms with Crippen LogP contribution in [-0.4, -0.2) is 30.4 Å². The fourth-order valence-corrected chi connectivity index (χ4v) is 2.69. The van der Waals surface area contributed by atoms with Gasteiger partial charge in [0.1, 0.15) is 12.4 Å². The summed E-state index contributed by atoms with van der Waals surface area (Å²) in [7, 11) is 0. The maximum Gasteiger partial charge on any atom is 0.326 e. The zero-order chi connectivity index (χ0) is 20.8. The molecule has 0 bridgehead atoms. The third-order valence-electron chi connectivity index (χ3n) is 4.17. The van der Waals surface area contributed by atoms with E-state index in [4.69, 9.17) is 4.74 Å². The molecule has 7 heteroatoms. The van der Waals surface area contributed by atoms with Crippen LogP contribution in [0.4, 0.5) is 10.1 Å². The third kappa shape index (κ3) is 5.38. The van der Waals surface area contributed by atoms with Crippen LogP contribution in [0, 0.1) is 5.82 Å². The second-order valence-corrected chi connectivity index (χ2v) is 6.38. The van der Waals surface area contributed by atoms with Gasteiger partial charge in [-0.05, 0) is 48.0 Å². The van der Waals surface area contributed by atoms with Crippen LogP contribution in [-0.2, 0) is 14.3 Å². The summed E-state index contributed by atoms with van der Waals surface area (Å²) >= 11 is 0. The molecule has 3 rings (SSSR count). The Morgan fingerprint density at radius 2 is 1.72 bits per heavy atom. The molecule has 0 saturated heterocycles. The van der Waals surface area contributed by atoms with Crippen molar-refractivity contribution < 1.29 is 23.5 Å². The average Bonchev–Trinajstić information content (AvgIpc) is 2.71. The molecule has 0 fully saturated rings. The molecule has 0 saturated carbocycles. The number of ether oxygens (including phenoxy) is 1. The molecule has 3 aromatic carbocycles. The molecule has 0 unspecified atom stereocenters. The number of anilines is 1. The first-order chi connectivity index (χ1) is 13.9. The molecule has 1 atom stereocenters. The maximum absolute atomic E-state index is 13.1. The minimum absolute atomic E-state index is 0.0832. The standard InChI is InChI=1S/C22H19FN2O4/c1-14(21(27)25-19-10-9-15-5-2-3-6-16(15)12-19)29-20(26)13-24-22(28)17-7-4-8-18(23)11-17/h2-12,14H,13H2,1H3,(H,24,28)(H,25,27)/t14-/m0/s1. The first-order valence-corrected chi connectivity index (χ1v) is 8.95. The normalized spacial score (nSPS) is 11.5. The van der Waals surface area contributed by atoms with Crippen molar-refractivity contribution in [3.63, 3.8) is 0 Å². The highest BCUT2D eigenvalue weighted by molar-refractivity contribution is 5.98. The van der Waals surface area contributed by atoms with E-state index in [-0.39, 0.29) is 5.56 Å². The Labute approximate surface area is 166 Å². The quantitative estimate of drug-likeness (QED) is 0.629. The smallest absolute Gasteiger partial charge is 0.326 e. The molecule has 0 heterocycles. The topological polar surface area (TPSA) is 84.5 Å². The summed E-state index contributed by atoms with van der Waals surface area (Å²) in [6.07, 6.45) is -1.06. The zero-order valence-corrected chi connectivity index (χ0v) is 15.6. The molecular weight excluding hydrogens is 375 g/mol. The monoisotopic (exact) mass is 394 g/mol. The van der Waals surface area contributed by atoms with Crippen LogP contribution < -0.4 is 10.6 Å². The van der Waals surface area contributed by atoms with Gasteiger partial charge in [-0.15, -0.1) is 0 Å². The summed E-state index contributed by atoms with van der Waals surface area (Å²) in [5.41, 5.74) is 0.663.